The van der Waals surface area contributed by atoms with E-state index >= 15 is 0 Å². The molecule has 1 aliphatic carbocycles. The van der Waals surface area contributed by atoms with Crippen LogP contribution in [0.15, 0.2) is 30.3 Å². The Hall–Kier alpha value is -1.35. The summed E-state index contributed by atoms with van der Waals surface area (Å²) in [6, 6.07) is 10.3. The third-order valence-corrected chi connectivity index (χ3v) is 4.59. The molecule has 1 amide bonds. The molecular weight excluding hydrogens is 272 g/mol. The van der Waals surface area contributed by atoms with Gasteiger partial charge in [-0.05, 0) is 32.0 Å². The Bertz CT molecular complexity index is 438. The highest BCUT2D eigenvalue weighted by Gasteiger charge is 2.18. The highest BCUT2D eigenvalue weighted by atomic mass is 16.1. The topological polar surface area (TPSA) is 32.3 Å². The van der Waals surface area contributed by atoms with Gasteiger partial charge in [0.05, 0.1) is 6.04 Å². The van der Waals surface area contributed by atoms with E-state index in [4.69, 9.17) is 0 Å². The minimum Gasteiger partial charge on any atom is -0.348 e. The van der Waals surface area contributed by atoms with Crippen molar-refractivity contribution in [1.82, 2.24) is 10.2 Å². The normalized spacial score (nSPS) is 17.4. The molecular formula is C19H30N2O. The summed E-state index contributed by atoms with van der Waals surface area (Å²) in [6.07, 6.45) is 8.41. The van der Waals surface area contributed by atoms with Crippen molar-refractivity contribution in [2.45, 2.75) is 51.0 Å². The van der Waals surface area contributed by atoms with Crippen LogP contribution < -0.4 is 5.32 Å². The maximum Gasteiger partial charge on any atom is 0.220 e. The molecule has 1 unspecified atom stereocenters. The summed E-state index contributed by atoms with van der Waals surface area (Å²) in [6.45, 7) is 0.833. The monoisotopic (exact) mass is 302 g/mol. The zero-order valence-electron chi connectivity index (χ0n) is 14.1. The van der Waals surface area contributed by atoms with Crippen LogP contribution in [-0.2, 0) is 4.79 Å². The molecule has 1 saturated carbocycles. The van der Waals surface area contributed by atoms with Crippen LogP contribution in [0.25, 0.3) is 0 Å². The van der Waals surface area contributed by atoms with Gasteiger partial charge in [0.25, 0.3) is 0 Å². The van der Waals surface area contributed by atoms with Crippen molar-refractivity contribution in [2.24, 2.45) is 5.92 Å². The van der Waals surface area contributed by atoms with Gasteiger partial charge in [0.1, 0.15) is 0 Å². The fraction of sp³-hybridized carbons (Fsp3) is 0.632. The fourth-order valence-electron chi connectivity index (χ4n) is 3.36. The van der Waals surface area contributed by atoms with Crippen LogP contribution in [0.2, 0.25) is 0 Å². The van der Waals surface area contributed by atoms with Crippen LogP contribution >= 0.6 is 0 Å². The highest BCUT2D eigenvalue weighted by molar-refractivity contribution is 5.76. The maximum absolute atomic E-state index is 12.3. The first-order valence-corrected chi connectivity index (χ1v) is 8.64. The fourth-order valence-corrected chi connectivity index (χ4v) is 3.36. The minimum absolute atomic E-state index is 0.0788. The number of hydrogen-bond donors (Lipinski definition) is 1. The third-order valence-electron chi connectivity index (χ3n) is 4.59. The molecule has 1 aromatic carbocycles. The predicted octanol–water partition coefficient (Wildman–Crippen LogP) is 3.77. The average Bonchev–Trinajstić information content (AvgIpc) is 2.54. The molecule has 0 heterocycles. The second-order valence-electron chi connectivity index (χ2n) is 6.84. The Morgan fingerprint density at radius 3 is 2.50 bits per heavy atom. The number of likely N-dealkylation sites (N-methyl/N-ethyl adjacent to an activating group) is 1. The number of rotatable bonds is 7. The molecule has 0 radical (unpaired) electrons. The molecule has 0 aliphatic heterocycles. The highest BCUT2D eigenvalue weighted by Crippen LogP contribution is 2.27. The number of nitrogens with one attached hydrogen (secondary N) is 1. The van der Waals surface area contributed by atoms with E-state index < -0.39 is 0 Å². The van der Waals surface area contributed by atoms with Crippen molar-refractivity contribution in [3.63, 3.8) is 0 Å². The first kappa shape index (κ1) is 17.0. The SMILES string of the molecule is CN(C)CC(NC(=O)CCC1CCCCC1)c1ccccc1. The second-order valence-corrected chi connectivity index (χ2v) is 6.84. The van der Waals surface area contributed by atoms with Crippen molar-refractivity contribution >= 4 is 5.91 Å². The summed E-state index contributed by atoms with van der Waals surface area (Å²) in [5.41, 5.74) is 1.18. The van der Waals surface area contributed by atoms with Crippen LogP contribution in [-0.4, -0.2) is 31.4 Å². The van der Waals surface area contributed by atoms with E-state index in [2.05, 4.69) is 22.3 Å². The van der Waals surface area contributed by atoms with Gasteiger partial charge in [-0.15, -0.1) is 0 Å². The van der Waals surface area contributed by atoms with Crippen LogP contribution in [0, 0.1) is 5.92 Å². The molecule has 22 heavy (non-hydrogen) atoms. The van der Waals surface area contributed by atoms with E-state index in [0.29, 0.717) is 6.42 Å². The molecule has 3 nitrogen and oxygen atoms in total. The molecule has 1 aromatic rings. The molecule has 1 N–H and O–H groups in total. The van der Waals surface area contributed by atoms with E-state index in [1.54, 1.807) is 0 Å². The van der Waals surface area contributed by atoms with Gasteiger partial charge in [-0.3, -0.25) is 4.79 Å². The Labute approximate surface area is 135 Å². The van der Waals surface area contributed by atoms with Gasteiger partial charge in [-0.1, -0.05) is 62.4 Å². The summed E-state index contributed by atoms with van der Waals surface area (Å²) < 4.78 is 0. The van der Waals surface area contributed by atoms with Gasteiger partial charge in [0, 0.05) is 13.0 Å². The number of amides is 1. The van der Waals surface area contributed by atoms with Crippen LogP contribution in [0.1, 0.15) is 56.6 Å². The first-order valence-electron chi connectivity index (χ1n) is 8.64. The molecule has 122 valence electrons. The lowest BCUT2D eigenvalue weighted by atomic mass is 9.86. The standard InChI is InChI=1S/C19H30N2O/c1-21(2)15-18(17-11-7-4-8-12-17)20-19(22)14-13-16-9-5-3-6-10-16/h4,7-8,11-12,16,18H,3,5-6,9-10,13-15H2,1-2H3,(H,20,22). The molecule has 1 atom stereocenters. The van der Waals surface area contributed by atoms with Gasteiger partial charge in [-0.25, -0.2) is 0 Å². The molecule has 0 bridgehead atoms. The Morgan fingerprint density at radius 1 is 1.18 bits per heavy atom. The first-order chi connectivity index (χ1) is 10.6. The van der Waals surface area contributed by atoms with Gasteiger partial charge >= 0.3 is 0 Å². The molecule has 3 heteroatoms. The van der Waals surface area contributed by atoms with E-state index in [-0.39, 0.29) is 11.9 Å². The smallest absolute Gasteiger partial charge is 0.220 e. The molecule has 0 saturated heterocycles. The number of carbonyl (C=O) groups is 1. The van der Waals surface area contributed by atoms with Crippen molar-refractivity contribution in [2.75, 3.05) is 20.6 Å². The molecule has 0 spiro atoms. The lowest BCUT2D eigenvalue weighted by Gasteiger charge is -2.24. The zero-order chi connectivity index (χ0) is 15.8. The Kier molecular flexibility index (Phi) is 6.91. The van der Waals surface area contributed by atoms with Crippen LogP contribution in [0.4, 0.5) is 0 Å². The Balaban J connectivity index is 1.84. The molecule has 0 aromatic heterocycles. The van der Waals surface area contributed by atoms with E-state index in [1.807, 2.05) is 32.3 Å². The number of benzene rings is 1. The van der Waals surface area contributed by atoms with Crippen molar-refractivity contribution in [3.8, 4) is 0 Å². The van der Waals surface area contributed by atoms with Gasteiger partial charge < -0.3 is 10.2 Å². The summed E-state index contributed by atoms with van der Waals surface area (Å²) in [7, 11) is 4.09. The number of carbonyl (C=O) groups excluding carboxylic acids is 1. The summed E-state index contributed by atoms with van der Waals surface area (Å²) in [4.78, 5) is 14.4. The quantitative estimate of drug-likeness (QED) is 0.831. The van der Waals surface area contributed by atoms with Gasteiger partial charge in [0.2, 0.25) is 5.91 Å². The molecule has 1 fully saturated rings. The predicted molar refractivity (Wildman–Crippen MR) is 91.7 cm³/mol. The Morgan fingerprint density at radius 2 is 1.86 bits per heavy atom. The van der Waals surface area contributed by atoms with E-state index in [1.165, 1.54) is 37.7 Å². The molecule has 2 rings (SSSR count). The third kappa shape index (κ3) is 5.80. The average molecular weight is 302 g/mol. The van der Waals surface area contributed by atoms with Gasteiger partial charge in [-0.2, -0.15) is 0 Å². The van der Waals surface area contributed by atoms with Crippen LogP contribution in [0.5, 0.6) is 0 Å². The lowest BCUT2D eigenvalue weighted by Crippen LogP contribution is -2.35. The largest absolute Gasteiger partial charge is 0.348 e. The van der Waals surface area contributed by atoms with Crippen molar-refractivity contribution < 1.29 is 4.79 Å². The minimum atomic E-state index is 0.0788. The van der Waals surface area contributed by atoms with Crippen molar-refractivity contribution in [1.29, 1.82) is 0 Å². The summed E-state index contributed by atoms with van der Waals surface area (Å²) in [5.74, 6) is 0.963. The second kappa shape index (κ2) is 8.94. The van der Waals surface area contributed by atoms with Gasteiger partial charge in [0.15, 0.2) is 0 Å². The lowest BCUT2D eigenvalue weighted by molar-refractivity contribution is -0.122. The summed E-state index contributed by atoms with van der Waals surface area (Å²) in [5, 5.41) is 3.22. The number of nitrogens with zero attached hydrogens (tertiary/aromatic N) is 1. The maximum atomic E-state index is 12.3. The molecule has 1 aliphatic rings. The number of hydrogen-bond acceptors (Lipinski definition) is 2. The van der Waals surface area contributed by atoms with Crippen LogP contribution in [0.3, 0.4) is 0 Å². The zero-order valence-corrected chi connectivity index (χ0v) is 14.1. The van der Waals surface area contributed by atoms with E-state index in [0.717, 1.165) is 18.9 Å². The van der Waals surface area contributed by atoms with Crippen molar-refractivity contribution in [3.05, 3.63) is 35.9 Å². The summed E-state index contributed by atoms with van der Waals surface area (Å²) >= 11 is 0. The van der Waals surface area contributed by atoms with E-state index in [9.17, 15) is 4.79 Å².